The van der Waals surface area contributed by atoms with Crippen LogP contribution in [0.15, 0.2) is 22.4 Å². The number of aromatic nitrogens is 2. The van der Waals surface area contributed by atoms with Crippen LogP contribution in [0.5, 0.6) is 0 Å². The van der Waals surface area contributed by atoms with Gasteiger partial charge in [-0.2, -0.15) is 5.26 Å². The fourth-order valence-electron chi connectivity index (χ4n) is 2.33. The number of nitrogens with zero attached hydrogens (tertiary/aromatic N) is 4. The number of anilines is 1. The second kappa shape index (κ2) is 7.64. The van der Waals surface area contributed by atoms with Crippen molar-refractivity contribution in [3.8, 4) is 6.07 Å². The Balaban J connectivity index is 3.08. The van der Waals surface area contributed by atoms with E-state index in [1.54, 1.807) is 32.1 Å². The first kappa shape index (κ1) is 17.8. The Morgan fingerprint density at radius 3 is 2.59 bits per heavy atom. The van der Waals surface area contributed by atoms with Crippen molar-refractivity contribution in [2.45, 2.75) is 39.7 Å². The molecule has 0 spiro atoms. The molecule has 0 saturated carbocycles. The Kier molecular flexibility index (Phi) is 6.17. The molecule has 0 saturated heterocycles. The number of rotatable bonds is 7. The zero-order valence-electron chi connectivity index (χ0n) is 13.8. The first-order valence-corrected chi connectivity index (χ1v) is 7.40. The summed E-state index contributed by atoms with van der Waals surface area (Å²) >= 11 is 0. The first-order valence-electron chi connectivity index (χ1n) is 7.40. The number of nitriles is 1. The Labute approximate surface area is 130 Å². The minimum atomic E-state index is -0.308. The van der Waals surface area contributed by atoms with Gasteiger partial charge in [0.2, 0.25) is 0 Å². The van der Waals surface area contributed by atoms with Crippen LogP contribution < -0.4 is 16.1 Å². The highest BCUT2D eigenvalue weighted by Gasteiger charge is 2.16. The molecule has 6 heteroatoms. The van der Waals surface area contributed by atoms with Gasteiger partial charge in [0.1, 0.15) is 5.69 Å². The molecule has 0 amide bonds. The van der Waals surface area contributed by atoms with Crippen molar-refractivity contribution in [1.29, 1.82) is 5.26 Å². The van der Waals surface area contributed by atoms with Gasteiger partial charge >= 0.3 is 5.69 Å². The van der Waals surface area contributed by atoms with Crippen LogP contribution in [0.4, 0.5) is 5.69 Å². The molecular formula is C16H24N4O2. The largest absolute Gasteiger partial charge is 0.346 e. The van der Waals surface area contributed by atoms with Crippen molar-refractivity contribution in [1.82, 2.24) is 9.13 Å². The van der Waals surface area contributed by atoms with Crippen molar-refractivity contribution in [3.63, 3.8) is 0 Å². The lowest BCUT2D eigenvalue weighted by Crippen LogP contribution is -2.42. The predicted molar refractivity (Wildman–Crippen MR) is 87.9 cm³/mol. The Morgan fingerprint density at radius 2 is 2.05 bits per heavy atom. The predicted octanol–water partition coefficient (Wildman–Crippen LogP) is 1.77. The molecule has 1 unspecified atom stereocenters. The second-order valence-corrected chi connectivity index (χ2v) is 5.55. The van der Waals surface area contributed by atoms with E-state index in [9.17, 15) is 9.59 Å². The molecule has 0 radical (unpaired) electrons. The van der Waals surface area contributed by atoms with Gasteiger partial charge in [0.05, 0.1) is 6.07 Å². The monoisotopic (exact) mass is 304 g/mol. The molecule has 22 heavy (non-hydrogen) atoms. The fourth-order valence-corrected chi connectivity index (χ4v) is 2.33. The summed E-state index contributed by atoms with van der Waals surface area (Å²) in [6.45, 7) is 7.64. The highest BCUT2D eigenvalue weighted by atomic mass is 16.2. The lowest BCUT2D eigenvalue weighted by atomic mass is 10.1. The van der Waals surface area contributed by atoms with Crippen molar-refractivity contribution in [2.24, 2.45) is 13.0 Å². The van der Waals surface area contributed by atoms with Crippen LogP contribution in [0.2, 0.25) is 0 Å². The van der Waals surface area contributed by atoms with E-state index in [2.05, 4.69) is 12.6 Å². The summed E-state index contributed by atoms with van der Waals surface area (Å²) in [5.41, 5.74) is 0.475. The minimum absolute atomic E-state index is 0.0000304. The number of unbranched alkanes of at least 4 members (excludes halogenated alkanes) is 1. The van der Waals surface area contributed by atoms with Gasteiger partial charge in [-0.3, -0.25) is 13.9 Å². The van der Waals surface area contributed by atoms with Crippen LogP contribution in [-0.2, 0) is 13.6 Å². The van der Waals surface area contributed by atoms with Gasteiger partial charge in [0, 0.05) is 32.3 Å². The van der Waals surface area contributed by atoms with Gasteiger partial charge in [0.25, 0.3) is 5.56 Å². The van der Waals surface area contributed by atoms with E-state index in [4.69, 9.17) is 5.26 Å². The van der Waals surface area contributed by atoms with Gasteiger partial charge in [-0.05, 0) is 32.9 Å². The Hall–Kier alpha value is -2.29. The quantitative estimate of drug-likeness (QED) is 0.720. The van der Waals surface area contributed by atoms with Gasteiger partial charge in [0.15, 0.2) is 0 Å². The van der Waals surface area contributed by atoms with E-state index in [1.165, 1.54) is 9.13 Å². The Bertz CT molecular complexity index is 694. The molecule has 1 aromatic rings. The smallest absolute Gasteiger partial charge is 0.331 e. The number of hydrogen-bond acceptors (Lipinski definition) is 4. The topological polar surface area (TPSA) is 71.0 Å². The highest BCUT2D eigenvalue weighted by Crippen LogP contribution is 2.12. The van der Waals surface area contributed by atoms with Crippen LogP contribution >= 0.6 is 0 Å². The third kappa shape index (κ3) is 3.67. The summed E-state index contributed by atoms with van der Waals surface area (Å²) in [6.07, 6.45) is 3.83. The zero-order valence-corrected chi connectivity index (χ0v) is 13.8. The first-order chi connectivity index (χ1) is 10.3. The van der Waals surface area contributed by atoms with E-state index in [0.717, 1.165) is 12.8 Å². The molecule has 0 aliphatic carbocycles. The molecule has 6 nitrogen and oxygen atoms in total. The fraction of sp³-hybridized carbons (Fsp3) is 0.562. The summed E-state index contributed by atoms with van der Waals surface area (Å²) in [7, 11) is 3.39. The van der Waals surface area contributed by atoms with Crippen LogP contribution in [0, 0.1) is 24.2 Å². The molecule has 1 atom stereocenters. The molecule has 0 bridgehead atoms. The lowest BCUT2D eigenvalue weighted by Gasteiger charge is -2.19. The minimum Gasteiger partial charge on any atom is -0.346 e. The van der Waals surface area contributed by atoms with Crippen LogP contribution in [0.3, 0.4) is 0 Å². The van der Waals surface area contributed by atoms with Gasteiger partial charge in [-0.1, -0.05) is 13.0 Å². The maximum atomic E-state index is 12.6. The van der Waals surface area contributed by atoms with Crippen LogP contribution in [-0.4, -0.2) is 16.2 Å². The third-order valence-electron chi connectivity index (χ3n) is 3.93. The molecule has 0 aliphatic rings. The molecule has 0 fully saturated rings. The molecule has 0 aromatic carbocycles. The van der Waals surface area contributed by atoms with E-state index in [-0.39, 0.29) is 17.2 Å². The van der Waals surface area contributed by atoms with Gasteiger partial charge in [-0.15, -0.1) is 0 Å². The summed E-state index contributed by atoms with van der Waals surface area (Å²) in [6, 6.07) is 2.18. The summed E-state index contributed by atoms with van der Waals surface area (Å²) in [5, 5.41) is 8.76. The molecule has 120 valence electrons. The molecule has 1 rings (SSSR count). The maximum absolute atomic E-state index is 12.6. The van der Waals surface area contributed by atoms with Crippen molar-refractivity contribution < 1.29 is 0 Å². The standard InChI is InChI=1S/C16H24N4O2/c1-6-18(4)14-13(3)19(5)16(22)20(15(14)21)10-8-7-9-12(2)11-17/h6,12H,1,7-10H2,2-5H3. The SMILES string of the molecule is C=CN(C)c1c(C)n(C)c(=O)n(CCCCC(C)C#N)c1=O. The van der Waals surface area contributed by atoms with Gasteiger partial charge < -0.3 is 4.90 Å². The third-order valence-corrected chi connectivity index (χ3v) is 3.93. The Morgan fingerprint density at radius 1 is 1.41 bits per heavy atom. The van der Waals surface area contributed by atoms with Crippen molar-refractivity contribution in [2.75, 3.05) is 11.9 Å². The normalized spacial score (nSPS) is 11.8. The van der Waals surface area contributed by atoms with E-state index < -0.39 is 0 Å². The second-order valence-electron chi connectivity index (χ2n) is 5.55. The molecule has 0 N–H and O–H groups in total. The lowest BCUT2D eigenvalue weighted by molar-refractivity contribution is 0.509. The average molecular weight is 304 g/mol. The summed E-state index contributed by atoms with van der Waals surface area (Å²) in [5.74, 6) is 0.0000304. The van der Waals surface area contributed by atoms with Crippen molar-refractivity contribution in [3.05, 3.63) is 39.3 Å². The average Bonchev–Trinajstić information content (AvgIpc) is 2.51. The number of hydrogen-bond donors (Lipinski definition) is 0. The van der Waals surface area contributed by atoms with Gasteiger partial charge in [-0.25, -0.2) is 4.79 Å². The van der Waals surface area contributed by atoms with Crippen LogP contribution in [0.25, 0.3) is 0 Å². The van der Waals surface area contributed by atoms with E-state index in [0.29, 0.717) is 24.3 Å². The molecular weight excluding hydrogens is 280 g/mol. The summed E-state index contributed by atoms with van der Waals surface area (Å²) in [4.78, 5) is 26.5. The summed E-state index contributed by atoms with van der Waals surface area (Å²) < 4.78 is 2.74. The van der Waals surface area contributed by atoms with E-state index in [1.807, 2.05) is 6.92 Å². The van der Waals surface area contributed by atoms with E-state index >= 15 is 0 Å². The molecule has 0 aliphatic heterocycles. The maximum Gasteiger partial charge on any atom is 0.331 e. The van der Waals surface area contributed by atoms with Crippen molar-refractivity contribution >= 4 is 5.69 Å². The molecule has 1 heterocycles. The molecule has 1 aromatic heterocycles. The highest BCUT2D eigenvalue weighted by molar-refractivity contribution is 5.50. The zero-order chi connectivity index (χ0) is 16.9. The van der Waals surface area contributed by atoms with Crippen LogP contribution in [0.1, 0.15) is 31.9 Å².